The number of nitrogens with zero attached hydrogens (tertiary/aromatic N) is 3. The Morgan fingerprint density at radius 1 is 1.09 bits per heavy atom. The first-order valence-corrected chi connectivity index (χ1v) is 16.8. The number of benzene rings is 2. The van der Waals surface area contributed by atoms with E-state index < -0.39 is 0 Å². The summed E-state index contributed by atoms with van der Waals surface area (Å²) in [6, 6.07) is 20.8. The molecule has 0 saturated heterocycles. The van der Waals surface area contributed by atoms with Gasteiger partial charge in [-0.3, -0.25) is 4.98 Å². The molecule has 9 heteroatoms. The molecular weight excluding hydrogens is 632 g/mol. The number of nitrogens with one attached hydrogen (secondary N) is 2. The maximum Gasteiger partial charge on any atom is 0.215 e. The van der Waals surface area contributed by atoms with Gasteiger partial charge in [0.2, 0.25) is 5.88 Å². The lowest BCUT2D eigenvalue weighted by atomic mass is 9.88. The topological polar surface area (TPSA) is 63.5 Å². The van der Waals surface area contributed by atoms with E-state index in [0.29, 0.717) is 28.4 Å². The fraction of sp³-hybridized carbons (Fsp3) is 0.316. The number of allylic oxidation sites excluding steroid dienone is 1. The third kappa shape index (κ3) is 6.89. The van der Waals surface area contributed by atoms with Crippen LogP contribution in [0.5, 0.6) is 5.88 Å². The van der Waals surface area contributed by atoms with Crippen molar-refractivity contribution >= 4 is 34.4 Å². The summed E-state index contributed by atoms with van der Waals surface area (Å²) in [7, 11) is 3.61. The summed E-state index contributed by atoms with van der Waals surface area (Å²) >= 11 is 13.2. The second-order valence-electron chi connectivity index (χ2n) is 12.3. The molecular formula is C38H40Cl2FN5O. The molecule has 6 nitrogen and oxygen atoms in total. The molecule has 3 heterocycles. The molecule has 0 aliphatic heterocycles. The number of rotatable bonds is 12. The summed E-state index contributed by atoms with van der Waals surface area (Å²) in [5.41, 5.74) is 9.33. The molecule has 1 saturated carbocycles. The molecule has 47 heavy (non-hydrogen) atoms. The van der Waals surface area contributed by atoms with Gasteiger partial charge >= 0.3 is 0 Å². The van der Waals surface area contributed by atoms with Crippen molar-refractivity contribution in [3.8, 4) is 17.1 Å². The van der Waals surface area contributed by atoms with Crippen LogP contribution in [0.2, 0.25) is 10.0 Å². The molecule has 2 unspecified atom stereocenters. The van der Waals surface area contributed by atoms with Gasteiger partial charge in [-0.2, -0.15) is 5.10 Å². The molecule has 2 atom stereocenters. The minimum absolute atomic E-state index is 0.182. The maximum absolute atomic E-state index is 14.8. The summed E-state index contributed by atoms with van der Waals surface area (Å²) in [6.07, 6.45) is 4.40. The van der Waals surface area contributed by atoms with Gasteiger partial charge in [0, 0.05) is 47.8 Å². The predicted molar refractivity (Wildman–Crippen MR) is 190 cm³/mol. The second kappa shape index (κ2) is 14.1. The Morgan fingerprint density at radius 2 is 1.87 bits per heavy atom. The molecule has 0 amide bonds. The number of ether oxygens (including phenoxy) is 1. The number of fused-ring (bicyclic) bond motifs is 1. The highest BCUT2D eigenvalue weighted by Gasteiger charge is 2.27. The highest BCUT2D eigenvalue weighted by molar-refractivity contribution is 6.43. The van der Waals surface area contributed by atoms with Crippen molar-refractivity contribution in [2.75, 3.05) is 27.2 Å². The Kier molecular flexibility index (Phi) is 9.88. The number of aromatic nitrogens is 3. The molecule has 6 rings (SSSR count). The Hall–Kier alpha value is -3.91. The van der Waals surface area contributed by atoms with Crippen molar-refractivity contribution in [2.45, 2.75) is 51.4 Å². The highest BCUT2D eigenvalue weighted by atomic mass is 35.5. The van der Waals surface area contributed by atoms with Gasteiger partial charge in [-0.15, -0.1) is 0 Å². The first-order valence-electron chi connectivity index (χ1n) is 16.1. The lowest BCUT2D eigenvalue weighted by molar-refractivity contribution is 0.385. The summed E-state index contributed by atoms with van der Waals surface area (Å²) in [4.78, 5) is 5.25. The number of likely N-dealkylation sites (N-methyl/N-ethyl adjacent to an activating group) is 1. The average Bonchev–Trinajstić information content (AvgIpc) is 3.83. The van der Waals surface area contributed by atoms with Crippen molar-refractivity contribution in [3.63, 3.8) is 0 Å². The fourth-order valence-electron chi connectivity index (χ4n) is 6.37. The summed E-state index contributed by atoms with van der Waals surface area (Å²) in [6.45, 7) is 7.51. The summed E-state index contributed by atoms with van der Waals surface area (Å²) in [5, 5.41) is 12.7. The van der Waals surface area contributed by atoms with Gasteiger partial charge in [0.05, 0.1) is 39.8 Å². The van der Waals surface area contributed by atoms with Crippen LogP contribution < -0.4 is 15.4 Å². The van der Waals surface area contributed by atoms with E-state index in [0.717, 1.165) is 62.7 Å². The van der Waals surface area contributed by atoms with Crippen LogP contribution in [0.4, 0.5) is 4.39 Å². The van der Waals surface area contributed by atoms with E-state index in [4.69, 9.17) is 38.0 Å². The van der Waals surface area contributed by atoms with E-state index in [1.54, 1.807) is 25.3 Å². The molecule has 0 radical (unpaired) electrons. The molecule has 2 aromatic carbocycles. The Morgan fingerprint density at radius 3 is 2.57 bits per heavy atom. The summed E-state index contributed by atoms with van der Waals surface area (Å²) < 4.78 is 22.4. The first-order chi connectivity index (χ1) is 22.7. The van der Waals surface area contributed by atoms with Crippen LogP contribution in [-0.4, -0.2) is 41.8 Å². The zero-order valence-electron chi connectivity index (χ0n) is 27.4. The monoisotopic (exact) mass is 671 g/mol. The van der Waals surface area contributed by atoms with E-state index in [1.165, 1.54) is 18.9 Å². The molecule has 1 fully saturated rings. The van der Waals surface area contributed by atoms with Crippen molar-refractivity contribution < 1.29 is 9.13 Å². The minimum Gasteiger partial charge on any atom is -0.481 e. The van der Waals surface area contributed by atoms with Crippen LogP contribution in [0.15, 0.2) is 72.8 Å². The molecule has 0 spiro atoms. The van der Waals surface area contributed by atoms with E-state index in [9.17, 15) is 4.39 Å². The van der Waals surface area contributed by atoms with E-state index in [1.807, 2.05) is 48.8 Å². The lowest BCUT2D eigenvalue weighted by Gasteiger charge is -2.25. The standard InChI is InChI=1S/C38H40Cl2FN5O/c1-6-33(26-16-28-18-34(24-13-14-24)45-46(28)36(17-26)47-5)43-21-31(25-9-7-10-27(41)15-25)35-19-30(22(2)20-42-4)23(3)38(44-35)29-11-8-12-32(39)37(29)40/h6-12,15-19,22,24,31,42-43H,13-14,20-21H2,1-5H3/b33-6-. The van der Waals surface area contributed by atoms with Crippen molar-refractivity contribution in [1.82, 2.24) is 25.2 Å². The molecule has 3 aromatic heterocycles. The molecule has 1 aliphatic carbocycles. The molecule has 0 bridgehead atoms. The smallest absolute Gasteiger partial charge is 0.215 e. The third-order valence-electron chi connectivity index (χ3n) is 9.04. The lowest BCUT2D eigenvalue weighted by Crippen LogP contribution is -2.23. The Bertz CT molecular complexity index is 1950. The van der Waals surface area contributed by atoms with Gasteiger partial charge in [-0.25, -0.2) is 8.91 Å². The van der Waals surface area contributed by atoms with Crippen molar-refractivity contribution in [2.24, 2.45) is 0 Å². The normalized spacial score (nSPS) is 14.8. The van der Waals surface area contributed by atoms with Crippen molar-refractivity contribution in [3.05, 3.63) is 122 Å². The van der Waals surface area contributed by atoms with Crippen LogP contribution in [-0.2, 0) is 0 Å². The number of halogens is 3. The van der Waals surface area contributed by atoms with Gasteiger partial charge in [0.15, 0.2) is 0 Å². The van der Waals surface area contributed by atoms with Crippen LogP contribution in [0.3, 0.4) is 0 Å². The van der Waals surface area contributed by atoms with Gasteiger partial charge < -0.3 is 15.4 Å². The number of pyridine rings is 2. The first kappa shape index (κ1) is 33.0. The van der Waals surface area contributed by atoms with Gasteiger partial charge in [-0.05, 0) is 92.7 Å². The minimum atomic E-state index is -0.296. The Labute approximate surface area is 286 Å². The van der Waals surface area contributed by atoms with Crippen LogP contribution >= 0.6 is 23.2 Å². The quantitative estimate of drug-likeness (QED) is 0.138. The SMILES string of the molecule is C/C=C(\NCC(c1cccc(F)c1)c1cc(C(C)CNC)c(C)c(-c2cccc(Cl)c2Cl)n1)c1cc(OC)n2nc(C3CC3)cc2c1. The molecule has 244 valence electrons. The molecule has 2 N–H and O–H groups in total. The van der Waals surface area contributed by atoms with E-state index in [-0.39, 0.29) is 17.7 Å². The predicted octanol–water partition coefficient (Wildman–Crippen LogP) is 9.14. The van der Waals surface area contributed by atoms with Gasteiger partial charge in [0.1, 0.15) is 5.82 Å². The maximum atomic E-state index is 14.8. The molecule has 5 aromatic rings. The third-order valence-corrected chi connectivity index (χ3v) is 9.86. The number of hydrogen-bond donors (Lipinski definition) is 2. The van der Waals surface area contributed by atoms with Crippen molar-refractivity contribution in [1.29, 1.82) is 0 Å². The Balaban J connectivity index is 1.43. The van der Waals surface area contributed by atoms with Gasteiger partial charge in [-0.1, -0.05) is 60.5 Å². The second-order valence-corrected chi connectivity index (χ2v) is 13.1. The van der Waals surface area contributed by atoms with Crippen LogP contribution in [0.1, 0.15) is 78.1 Å². The molecule has 1 aliphatic rings. The van der Waals surface area contributed by atoms with E-state index in [2.05, 4.69) is 42.7 Å². The van der Waals surface area contributed by atoms with Gasteiger partial charge in [0.25, 0.3) is 0 Å². The average molecular weight is 673 g/mol. The van der Waals surface area contributed by atoms with Crippen LogP contribution in [0, 0.1) is 12.7 Å². The zero-order valence-corrected chi connectivity index (χ0v) is 28.9. The highest BCUT2D eigenvalue weighted by Crippen LogP contribution is 2.41. The number of hydrogen-bond acceptors (Lipinski definition) is 5. The van der Waals surface area contributed by atoms with Crippen LogP contribution in [0.25, 0.3) is 22.5 Å². The largest absolute Gasteiger partial charge is 0.481 e. The number of methoxy groups -OCH3 is 1. The van der Waals surface area contributed by atoms with E-state index >= 15 is 0 Å². The zero-order chi connectivity index (χ0) is 33.2. The summed E-state index contributed by atoms with van der Waals surface area (Å²) in [5.74, 6) is 0.791. The fourth-order valence-corrected chi connectivity index (χ4v) is 6.76.